The van der Waals surface area contributed by atoms with Crippen molar-refractivity contribution >= 4 is 29.7 Å². The third-order valence-corrected chi connectivity index (χ3v) is 5.77. The van der Waals surface area contributed by atoms with Crippen LogP contribution >= 0.6 is 0 Å². The number of benzene rings is 3. The number of anilines is 1. The molecule has 0 aromatic heterocycles. The third kappa shape index (κ3) is 4.99. The van der Waals surface area contributed by atoms with Crippen molar-refractivity contribution in [2.45, 2.75) is 19.6 Å². The van der Waals surface area contributed by atoms with Crippen LogP contribution in [0.5, 0.6) is 11.5 Å². The number of aliphatic imine (C=N–C) groups is 1. The van der Waals surface area contributed by atoms with E-state index in [1.165, 1.54) is 26.4 Å². The van der Waals surface area contributed by atoms with Crippen LogP contribution in [-0.2, 0) is 24.4 Å². The number of amides is 1. The second-order valence-corrected chi connectivity index (χ2v) is 8.00. The van der Waals surface area contributed by atoms with Gasteiger partial charge in [-0.05, 0) is 48.0 Å². The van der Waals surface area contributed by atoms with E-state index >= 15 is 0 Å². The molecular weight excluding hydrogens is 450 g/mol. The smallest absolute Gasteiger partial charge is 0.270 e. The van der Waals surface area contributed by atoms with Gasteiger partial charge in [0.25, 0.3) is 11.6 Å². The minimum Gasteiger partial charge on any atom is -0.493 e. The van der Waals surface area contributed by atoms with E-state index in [2.05, 4.69) is 11.7 Å². The van der Waals surface area contributed by atoms with E-state index in [0.29, 0.717) is 40.4 Å². The number of carbonyl (C=O) groups is 1. The molecule has 35 heavy (non-hydrogen) atoms. The average molecular weight is 476 g/mol. The molecule has 0 N–H and O–H groups in total. The van der Waals surface area contributed by atoms with Crippen molar-refractivity contribution in [3.63, 3.8) is 0 Å². The molecule has 9 nitrogen and oxygen atoms in total. The lowest BCUT2D eigenvalue weighted by Gasteiger charge is -2.20. The van der Waals surface area contributed by atoms with Gasteiger partial charge in [0.1, 0.15) is 6.61 Å². The molecule has 0 radical (unpaired) electrons. The molecule has 0 bridgehead atoms. The highest BCUT2D eigenvalue weighted by molar-refractivity contribution is 6.10. The summed E-state index contributed by atoms with van der Waals surface area (Å²) < 4.78 is 16.5. The summed E-state index contributed by atoms with van der Waals surface area (Å²) in [6.45, 7) is 4.47. The van der Waals surface area contributed by atoms with Crippen molar-refractivity contribution in [3.8, 4) is 11.5 Å². The number of fused-ring (bicyclic) bond motifs is 1. The number of nitro benzene ring substituents is 1. The van der Waals surface area contributed by atoms with Gasteiger partial charge in [-0.25, -0.2) is 0 Å². The fourth-order valence-corrected chi connectivity index (χ4v) is 4.16. The van der Waals surface area contributed by atoms with Crippen LogP contribution in [0, 0.1) is 10.1 Å². The first kappa shape index (κ1) is 23.9. The highest BCUT2D eigenvalue weighted by Gasteiger charge is 2.28. The maximum absolute atomic E-state index is 13.4. The number of non-ortho nitro benzene ring substituents is 1. The van der Waals surface area contributed by atoms with Gasteiger partial charge in [-0.1, -0.05) is 18.2 Å². The zero-order valence-electron chi connectivity index (χ0n) is 19.5. The molecule has 4 rings (SSSR count). The zero-order valence-corrected chi connectivity index (χ0v) is 19.5. The molecule has 180 valence electrons. The number of rotatable bonds is 9. The van der Waals surface area contributed by atoms with Crippen LogP contribution < -0.4 is 14.4 Å². The Morgan fingerprint density at radius 2 is 1.83 bits per heavy atom. The number of methoxy groups -OCH3 is 2. The van der Waals surface area contributed by atoms with Crippen molar-refractivity contribution in [1.29, 1.82) is 0 Å². The van der Waals surface area contributed by atoms with Crippen molar-refractivity contribution in [3.05, 3.63) is 87.0 Å². The molecule has 1 aliphatic heterocycles. The first-order valence-electron chi connectivity index (χ1n) is 10.9. The Labute approximate surface area is 202 Å². The van der Waals surface area contributed by atoms with Crippen molar-refractivity contribution in [2.24, 2.45) is 4.99 Å². The van der Waals surface area contributed by atoms with E-state index in [9.17, 15) is 14.9 Å². The van der Waals surface area contributed by atoms with Gasteiger partial charge in [-0.3, -0.25) is 19.9 Å². The van der Waals surface area contributed by atoms with Gasteiger partial charge in [0.15, 0.2) is 11.5 Å². The van der Waals surface area contributed by atoms with Gasteiger partial charge >= 0.3 is 0 Å². The van der Waals surface area contributed by atoms with Gasteiger partial charge in [0.2, 0.25) is 0 Å². The zero-order chi connectivity index (χ0) is 24.9. The predicted octanol–water partition coefficient (Wildman–Crippen LogP) is 4.86. The summed E-state index contributed by atoms with van der Waals surface area (Å²) in [6.07, 6.45) is 0.783. The van der Waals surface area contributed by atoms with Gasteiger partial charge in [0, 0.05) is 37.5 Å². The summed E-state index contributed by atoms with van der Waals surface area (Å²) >= 11 is 0. The first-order valence-corrected chi connectivity index (χ1v) is 10.9. The normalized spacial score (nSPS) is 12.2. The Morgan fingerprint density at radius 3 is 2.51 bits per heavy atom. The number of hydrogen-bond acceptors (Lipinski definition) is 7. The highest BCUT2D eigenvalue weighted by Crippen LogP contribution is 2.38. The van der Waals surface area contributed by atoms with Crippen LogP contribution in [0.3, 0.4) is 0 Å². The topological polar surface area (TPSA) is 103 Å². The molecule has 0 fully saturated rings. The standard InChI is InChI=1S/C26H25N3O6/c1-27-22-14-25(35-16-18-10-17(15-33-2)11-20(12-18)29(31)32)24(34-3)13-21(22)26(30)28-9-8-19-6-4-5-7-23(19)28/h4-7,10-14H,1,8-9,15-16H2,2-3H3. The van der Waals surface area contributed by atoms with Crippen LogP contribution in [0.15, 0.2) is 59.6 Å². The molecule has 3 aromatic carbocycles. The lowest BCUT2D eigenvalue weighted by molar-refractivity contribution is -0.385. The quantitative estimate of drug-likeness (QED) is 0.249. The SMILES string of the molecule is C=Nc1cc(OCc2cc(COC)cc([N+](=O)[O-])c2)c(OC)cc1C(=O)N1CCc2ccccc21. The number of ether oxygens (including phenoxy) is 3. The summed E-state index contributed by atoms with van der Waals surface area (Å²) in [6, 6.07) is 15.7. The van der Waals surface area contributed by atoms with Gasteiger partial charge < -0.3 is 19.1 Å². The molecule has 0 aliphatic carbocycles. The van der Waals surface area contributed by atoms with Gasteiger partial charge in [-0.15, -0.1) is 0 Å². The molecule has 0 atom stereocenters. The monoisotopic (exact) mass is 475 g/mol. The summed E-state index contributed by atoms with van der Waals surface area (Å²) in [5.74, 6) is 0.480. The predicted molar refractivity (Wildman–Crippen MR) is 132 cm³/mol. The number of carbonyl (C=O) groups excluding carboxylic acids is 1. The number of nitrogens with zero attached hydrogens (tertiary/aromatic N) is 3. The largest absolute Gasteiger partial charge is 0.493 e. The van der Waals surface area contributed by atoms with E-state index in [0.717, 1.165) is 17.7 Å². The molecule has 9 heteroatoms. The van der Waals surface area contributed by atoms with Gasteiger partial charge in [-0.2, -0.15) is 0 Å². The van der Waals surface area contributed by atoms with Crippen LogP contribution in [0.2, 0.25) is 0 Å². The van der Waals surface area contributed by atoms with E-state index in [4.69, 9.17) is 14.2 Å². The Morgan fingerprint density at radius 1 is 1.09 bits per heavy atom. The van der Waals surface area contributed by atoms with E-state index in [1.807, 2.05) is 24.3 Å². The van der Waals surface area contributed by atoms with Crippen LogP contribution in [0.4, 0.5) is 17.1 Å². The van der Waals surface area contributed by atoms with Crippen LogP contribution in [0.25, 0.3) is 0 Å². The summed E-state index contributed by atoms with van der Waals surface area (Å²) in [5.41, 5.74) is 3.90. The maximum atomic E-state index is 13.4. The maximum Gasteiger partial charge on any atom is 0.270 e. The van der Waals surface area contributed by atoms with E-state index < -0.39 is 4.92 Å². The molecule has 1 amide bonds. The molecule has 0 saturated heterocycles. The van der Waals surface area contributed by atoms with Crippen molar-refractivity contribution < 1.29 is 23.9 Å². The summed E-state index contributed by atoms with van der Waals surface area (Å²) in [5, 5.41) is 11.3. The number of nitro groups is 1. The molecule has 1 aliphatic rings. The molecule has 3 aromatic rings. The highest BCUT2D eigenvalue weighted by atomic mass is 16.6. The average Bonchev–Trinajstić information content (AvgIpc) is 3.30. The fraction of sp³-hybridized carbons (Fsp3) is 0.231. The second-order valence-electron chi connectivity index (χ2n) is 8.00. The Hall–Kier alpha value is -4.24. The van der Waals surface area contributed by atoms with Crippen LogP contribution in [-0.4, -0.2) is 38.3 Å². The Bertz CT molecular complexity index is 1290. The first-order chi connectivity index (χ1) is 16.9. The Kier molecular flexibility index (Phi) is 7.07. The lowest BCUT2D eigenvalue weighted by atomic mass is 10.1. The summed E-state index contributed by atoms with van der Waals surface area (Å²) in [4.78, 5) is 30.0. The molecular formula is C26H25N3O6. The van der Waals surface area contributed by atoms with Crippen molar-refractivity contribution in [1.82, 2.24) is 0 Å². The molecule has 0 spiro atoms. The van der Waals surface area contributed by atoms with E-state index in [-0.39, 0.29) is 24.8 Å². The minimum absolute atomic E-state index is 0.0398. The minimum atomic E-state index is -0.458. The molecule has 0 unspecified atom stereocenters. The van der Waals surface area contributed by atoms with Crippen LogP contribution in [0.1, 0.15) is 27.0 Å². The summed E-state index contributed by atoms with van der Waals surface area (Å²) in [7, 11) is 3.00. The lowest BCUT2D eigenvalue weighted by Crippen LogP contribution is -2.29. The molecule has 0 saturated carbocycles. The second kappa shape index (κ2) is 10.4. The van der Waals surface area contributed by atoms with E-state index in [1.54, 1.807) is 23.1 Å². The Balaban J connectivity index is 1.62. The third-order valence-electron chi connectivity index (χ3n) is 5.77. The number of para-hydroxylation sites is 1. The fourth-order valence-electron chi connectivity index (χ4n) is 4.16. The molecule has 1 heterocycles. The van der Waals surface area contributed by atoms with Crippen molar-refractivity contribution in [2.75, 3.05) is 25.7 Å². The van der Waals surface area contributed by atoms with Gasteiger partial charge in [0.05, 0.1) is 29.9 Å². The number of hydrogen-bond donors (Lipinski definition) is 0.